The van der Waals surface area contributed by atoms with Crippen LogP contribution in [-0.2, 0) is 14.4 Å². The molecule has 3 aliphatic rings. The highest BCUT2D eigenvalue weighted by Gasteiger charge is 2.56. The standard InChI is InChI=1S/C29H35N5O6/c1-18-2-4-20(5-3-18)22-17-31-23(26(22)36)6-7-24(35)32-12-14-33(15-13-32)29(40)34-25(28(38)39)21(27(34)37)16-19-8-10-30-11-9-19/h2-7,17,19,21,25,30-31,36H,8-16H2,1H3,(H,38,39)/b7-6+/t21-,25+/m1/s1. The molecule has 1 aromatic heterocycles. The van der Waals surface area contributed by atoms with E-state index in [4.69, 9.17) is 0 Å². The number of β-lactam (4-membered cyclic amide) rings is 1. The molecular weight excluding hydrogens is 514 g/mol. The highest BCUT2D eigenvalue weighted by molar-refractivity contribution is 6.07. The van der Waals surface area contributed by atoms with Gasteiger partial charge in [0.2, 0.25) is 11.8 Å². The molecular formula is C29H35N5O6. The Morgan fingerprint density at radius 3 is 2.33 bits per heavy atom. The summed E-state index contributed by atoms with van der Waals surface area (Å²) in [5.74, 6) is -2.21. The summed E-state index contributed by atoms with van der Waals surface area (Å²) in [4.78, 5) is 57.6. The molecule has 2 aromatic rings. The number of urea groups is 1. The lowest BCUT2D eigenvalue weighted by atomic mass is 9.78. The maximum Gasteiger partial charge on any atom is 0.327 e. The normalized spacial score (nSPS) is 22.0. The van der Waals surface area contributed by atoms with Gasteiger partial charge in [0.25, 0.3) is 0 Å². The van der Waals surface area contributed by atoms with E-state index >= 15 is 0 Å². The van der Waals surface area contributed by atoms with Crippen molar-refractivity contribution in [3.8, 4) is 16.9 Å². The van der Waals surface area contributed by atoms with Crippen LogP contribution in [0, 0.1) is 18.8 Å². The fourth-order valence-corrected chi connectivity index (χ4v) is 5.79. The summed E-state index contributed by atoms with van der Waals surface area (Å²) in [6.45, 7) is 4.57. The Morgan fingerprint density at radius 1 is 1.02 bits per heavy atom. The second-order valence-electron chi connectivity index (χ2n) is 10.8. The van der Waals surface area contributed by atoms with Gasteiger partial charge < -0.3 is 30.3 Å². The number of likely N-dealkylation sites (tertiary alicyclic amines) is 1. The molecule has 5 rings (SSSR count). The number of nitrogens with one attached hydrogen (secondary N) is 2. The molecule has 0 aliphatic carbocycles. The Kier molecular flexibility index (Phi) is 7.92. The van der Waals surface area contributed by atoms with Crippen molar-refractivity contribution in [2.24, 2.45) is 11.8 Å². The quantitative estimate of drug-likeness (QED) is 0.319. The number of H-pyrrole nitrogens is 1. The highest BCUT2D eigenvalue weighted by Crippen LogP contribution is 2.36. The Hall–Kier alpha value is -4.12. The average molecular weight is 550 g/mol. The predicted octanol–water partition coefficient (Wildman–Crippen LogP) is 2.27. The zero-order chi connectivity index (χ0) is 28.4. The minimum Gasteiger partial charge on any atom is -0.505 e. The summed E-state index contributed by atoms with van der Waals surface area (Å²) >= 11 is 0. The maximum atomic E-state index is 13.1. The predicted molar refractivity (Wildman–Crippen MR) is 147 cm³/mol. The third-order valence-corrected chi connectivity index (χ3v) is 8.22. The van der Waals surface area contributed by atoms with Crippen LogP contribution in [0.25, 0.3) is 17.2 Å². The van der Waals surface area contributed by atoms with E-state index in [1.807, 2.05) is 31.2 Å². The topological polar surface area (TPSA) is 146 Å². The Balaban J connectivity index is 1.15. The van der Waals surface area contributed by atoms with Crippen LogP contribution < -0.4 is 5.32 Å². The maximum absolute atomic E-state index is 13.1. The van der Waals surface area contributed by atoms with Crippen molar-refractivity contribution in [2.75, 3.05) is 39.3 Å². The Labute approximate surface area is 232 Å². The van der Waals surface area contributed by atoms with E-state index in [9.17, 15) is 29.4 Å². The van der Waals surface area contributed by atoms with Crippen molar-refractivity contribution in [3.05, 3.63) is 47.8 Å². The van der Waals surface area contributed by atoms with Crippen molar-refractivity contribution >= 4 is 29.9 Å². The number of aromatic hydroxyl groups is 1. The third kappa shape index (κ3) is 5.46. The molecule has 3 saturated heterocycles. The van der Waals surface area contributed by atoms with Crippen molar-refractivity contribution < 1.29 is 29.4 Å². The molecule has 3 aliphatic heterocycles. The summed E-state index contributed by atoms with van der Waals surface area (Å²) in [5.41, 5.74) is 3.01. The SMILES string of the molecule is Cc1ccc(-c2c[nH]c(/C=C/C(=O)N3CCN(C(=O)N4C(=O)[C@H](CC5CCNCC5)[C@H]4C(=O)O)CC3)c2O)cc1. The number of carboxylic acid groups (broad SMARTS) is 1. The number of imide groups is 1. The number of aliphatic carboxylic acids is 1. The molecule has 0 unspecified atom stereocenters. The smallest absolute Gasteiger partial charge is 0.327 e. The van der Waals surface area contributed by atoms with Gasteiger partial charge in [-0.15, -0.1) is 0 Å². The number of carboxylic acids is 1. The van der Waals surface area contributed by atoms with E-state index in [0.29, 0.717) is 17.7 Å². The van der Waals surface area contributed by atoms with Gasteiger partial charge in [0.15, 0.2) is 6.04 Å². The van der Waals surface area contributed by atoms with Crippen molar-refractivity contribution in [2.45, 2.75) is 32.2 Å². The van der Waals surface area contributed by atoms with Crippen molar-refractivity contribution in [1.82, 2.24) is 25.0 Å². The van der Waals surface area contributed by atoms with Gasteiger partial charge in [-0.3, -0.25) is 9.59 Å². The molecule has 0 bridgehead atoms. The first-order valence-corrected chi connectivity index (χ1v) is 13.7. The first kappa shape index (κ1) is 27.4. The molecule has 0 radical (unpaired) electrons. The van der Waals surface area contributed by atoms with Gasteiger partial charge in [-0.2, -0.15) is 0 Å². The average Bonchev–Trinajstić information content (AvgIpc) is 3.33. The number of carbonyl (C=O) groups excluding carboxylic acids is 3. The summed E-state index contributed by atoms with van der Waals surface area (Å²) in [7, 11) is 0. The van der Waals surface area contributed by atoms with Crippen LogP contribution in [-0.4, -0.2) is 99.0 Å². The van der Waals surface area contributed by atoms with Gasteiger partial charge in [-0.1, -0.05) is 29.8 Å². The molecule has 11 heteroatoms. The molecule has 11 nitrogen and oxygen atoms in total. The lowest BCUT2D eigenvalue weighted by molar-refractivity contribution is -0.167. The second-order valence-corrected chi connectivity index (χ2v) is 10.8. The summed E-state index contributed by atoms with van der Waals surface area (Å²) < 4.78 is 0. The molecule has 40 heavy (non-hydrogen) atoms. The number of amides is 4. The first-order valence-electron chi connectivity index (χ1n) is 13.7. The third-order valence-electron chi connectivity index (χ3n) is 8.22. The van der Waals surface area contributed by atoms with Crippen molar-refractivity contribution in [1.29, 1.82) is 0 Å². The number of carbonyl (C=O) groups is 4. The molecule has 0 spiro atoms. The van der Waals surface area contributed by atoms with Gasteiger partial charge >= 0.3 is 12.0 Å². The lowest BCUT2D eigenvalue weighted by Crippen LogP contribution is -2.69. The second kappa shape index (κ2) is 11.5. The number of hydrogen-bond acceptors (Lipinski definition) is 6. The molecule has 4 heterocycles. The van der Waals surface area contributed by atoms with Gasteiger partial charge in [-0.05, 0) is 56.8 Å². The molecule has 212 valence electrons. The first-order chi connectivity index (χ1) is 19.2. The Bertz CT molecular complexity index is 1300. The van der Waals surface area contributed by atoms with Crippen LogP contribution in [0.4, 0.5) is 4.79 Å². The number of piperidine rings is 1. The van der Waals surface area contributed by atoms with E-state index in [2.05, 4.69) is 10.3 Å². The summed E-state index contributed by atoms with van der Waals surface area (Å²) in [6, 6.07) is 5.99. The molecule has 4 amide bonds. The van der Waals surface area contributed by atoms with E-state index < -0.39 is 29.9 Å². The minimum absolute atomic E-state index is 0.0500. The van der Waals surface area contributed by atoms with Gasteiger partial charge in [0.05, 0.1) is 11.6 Å². The number of aryl methyl sites for hydroxylation is 1. The summed E-state index contributed by atoms with van der Waals surface area (Å²) in [6.07, 6.45) is 6.85. The van der Waals surface area contributed by atoms with E-state index in [0.717, 1.165) is 42.0 Å². The summed E-state index contributed by atoms with van der Waals surface area (Å²) in [5, 5.41) is 23.7. The highest BCUT2D eigenvalue weighted by atomic mass is 16.4. The van der Waals surface area contributed by atoms with E-state index in [1.165, 1.54) is 17.1 Å². The van der Waals surface area contributed by atoms with Gasteiger partial charge in [0.1, 0.15) is 5.75 Å². The minimum atomic E-state index is -1.16. The van der Waals surface area contributed by atoms with Crippen LogP contribution in [0.5, 0.6) is 5.75 Å². The number of piperazine rings is 1. The zero-order valence-electron chi connectivity index (χ0n) is 22.5. The number of aromatic amines is 1. The van der Waals surface area contributed by atoms with Crippen LogP contribution in [0.15, 0.2) is 36.5 Å². The number of hydrogen-bond donors (Lipinski definition) is 4. The van der Waals surface area contributed by atoms with E-state index in [1.54, 1.807) is 11.1 Å². The van der Waals surface area contributed by atoms with Crippen LogP contribution in [0.1, 0.15) is 30.5 Å². The molecule has 2 atom stereocenters. The largest absolute Gasteiger partial charge is 0.505 e. The molecule has 3 fully saturated rings. The lowest BCUT2D eigenvalue weighted by Gasteiger charge is -2.47. The number of aromatic nitrogens is 1. The number of rotatable bonds is 6. The Morgan fingerprint density at radius 2 is 1.68 bits per heavy atom. The fraction of sp³-hybridized carbons (Fsp3) is 0.448. The number of benzene rings is 1. The van der Waals surface area contributed by atoms with Crippen molar-refractivity contribution in [3.63, 3.8) is 0 Å². The fourth-order valence-electron chi connectivity index (χ4n) is 5.79. The van der Waals surface area contributed by atoms with Crippen LogP contribution >= 0.6 is 0 Å². The zero-order valence-corrected chi connectivity index (χ0v) is 22.5. The molecule has 1 aromatic carbocycles. The van der Waals surface area contributed by atoms with Crippen LogP contribution in [0.2, 0.25) is 0 Å². The van der Waals surface area contributed by atoms with Gasteiger partial charge in [-0.25, -0.2) is 14.5 Å². The monoisotopic (exact) mass is 549 g/mol. The molecule has 0 saturated carbocycles. The van der Waals surface area contributed by atoms with Crippen LogP contribution in [0.3, 0.4) is 0 Å². The van der Waals surface area contributed by atoms with Gasteiger partial charge in [0, 0.05) is 44.0 Å². The van der Waals surface area contributed by atoms with E-state index in [-0.39, 0.29) is 43.8 Å². The molecule has 4 N–H and O–H groups in total. The number of nitrogens with zero attached hydrogens (tertiary/aromatic N) is 3.